The lowest BCUT2D eigenvalue weighted by Crippen LogP contribution is -2.53. The summed E-state index contributed by atoms with van der Waals surface area (Å²) in [5, 5.41) is 0. The van der Waals surface area contributed by atoms with E-state index in [0.29, 0.717) is 16.2 Å². The Bertz CT molecular complexity index is 571. The molecular weight excluding hydrogens is 321 g/mol. The predicted molar refractivity (Wildman–Crippen MR) is 74.7 cm³/mol. The zero-order valence-corrected chi connectivity index (χ0v) is 13.2. The molecule has 0 aliphatic heterocycles. The molecule has 1 aromatic rings. The molecule has 0 saturated carbocycles. The van der Waals surface area contributed by atoms with Crippen LogP contribution in [0.3, 0.4) is 0 Å². The van der Waals surface area contributed by atoms with Crippen LogP contribution in [0.25, 0.3) is 0 Å². The summed E-state index contributed by atoms with van der Waals surface area (Å²) in [6, 6.07) is 4.31. The lowest BCUT2D eigenvalue weighted by Gasteiger charge is -2.30. The highest BCUT2D eigenvalue weighted by molar-refractivity contribution is 5.84. The zero-order chi connectivity index (χ0) is 18.0. The molecule has 0 bridgehead atoms. The van der Waals surface area contributed by atoms with Crippen molar-refractivity contribution < 1.29 is 31.5 Å². The van der Waals surface area contributed by atoms with Gasteiger partial charge in [-0.3, -0.25) is 4.79 Å². The van der Waals surface area contributed by atoms with E-state index in [9.17, 15) is 26.7 Å². The number of benzene rings is 1. The van der Waals surface area contributed by atoms with Crippen molar-refractivity contribution in [2.75, 3.05) is 14.2 Å². The maximum Gasteiger partial charge on any atom is 0.463 e. The standard InChI is InChI=1S/C15H18F5NO2/c1-9-5-6-12(23-4)11(7-9)8-10(2)21(3)13(22)14(16,17)15(18,19)20/h5-7,10H,8H2,1-4H3. The van der Waals surface area contributed by atoms with Gasteiger partial charge < -0.3 is 9.64 Å². The molecule has 0 fully saturated rings. The Kier molecular flexibility index (Phi) is 5.60. The Morgan fingerprint density at radius 2 is 1.83 bits per heavy atom. The number of amides is 1. The van der Waals surface area contributed by atoms with Gasteiger partial charge in [-0.1, -0.05) is 17.7 Å². The number of likely N-dealkylation sites (N-methyl/N-ethyl adjacent to an activating group) is 1. The number of ether oxygens (including phenoxy) is 1. The Morgan fingerprint density at radius 1 is 1.26 bits per heavy atom. The van der Waals surface area contributed by atoms with E-state index in [1.165, 1.54) is 14.0 Å². The molecule has 0 heterocycles. The maximum absolute atomic E-state index is 13.1. The average Bonchev–Trinajstić information content (AvgIpc) is 2.44. The summed E-state index contributed by atoms with van der Waals surface area (Å²) in [6.07, 6.45) is -5.83. The predicted octanol–water partition coefficient (Wildman–Crippen LogP) is 3.59. The fraction of sp³-hybridized carbons (Fsp3) is 0.533. The summed E-state index contributed by atoms with van der Waals surface area (Å²) in [5.41, 5.74) is 1.50. The third-order valence-electron chi connectivity index (χ3n) is 3.56. The van der Waals surface area contributed by atoms with Gasteiger partial charge in [0.25, 0.3) is 0 Å². The molecule has 0 saturated heterocycles. The Hall–Kier alpha value is -1.86. The molecule has 0 aliphatic carbocycles. The lowest BCUT2D eigenvalue weighted by atomic mass is 10.0. The Morgan fingerprint density at radius 3 is 2.30 bits per heavy atom. The maximum atomic E-state index is 13.1. The summed E-state index contributed by atoms with van der Waals surface area (Å²) < 4.78 is 68.3. The molecule has 0 N–H and O–H groups in total. The largest absolute Gasteiger partial charge is 0.496 e. The number of carbonyl (C=O) groups is 1. The molecule has 1 amide bonds. The van der Waals surface area contributed by atoms with Crippen molar-refractivity contribution in [3.05, 3.63) is 29.3 Å². The fourth-order valence-corrected chi connectivity index (χ4v) is 2.06. The molecule has 1 rings (SSSR count). The minimum Gasteiger partial charge on any atom is -0.496 e. The van der Waals surface area contributed by atoms with Gasteiger partial charge in [0.05, 0.1) is 7.11 Å². The van der Waals surface area contributed by atoms with E-state index in [1.54, 1.807) is 25.1 Å². The van der Waals surface area contributed by atoms with Gasteiger partial charge in [0.1, 0.15) is 5.75 Å². The van der Waals surface area contributed by atoms with Crippen molar-refractivity contribution in [2.24, 2.45) is 0 Å². The number of methoxy groups -OCH3 is 1. The smallest absolute Gasteiger partial charge is 0.463 e. The van der Waals surface area contributed by atoms with Crippen LogP contribution in [0.5, 0.6) is 5.75 Å². The monoisotopic (exact) mass is 339 g/mol. The quantitative estimate of drug-likeness (QED) is 0.768. The third kappa shape index (κ3) is 4.11. The molecule has 0 spiro atoms. The first-order chi connectivity index (χ1) is 10.4. The molecule has 1 unspecified atom stereocenters. The molecule has 1 aromatic carbocycles. The number of hydrogen-bond acceptors (Lipinski definition) is 2. The number of nitrogens with zero attached hydrogens (tertiary/aromatic N) is 1. The van der Waals surface area contributed by atoms with E-state index >= 15 is 0 Å². The number of halogens is 5. The van der Waals surface area contributed by atoms with Crippen molar-refractivity contribution >= 4 is 5.91 Å². The Labute approximate surface area is 131 Å². The summed E-state index contributed by atoms with van der Waals surface area (Å²) in [7, 11) is 2.35. The van der Waals surface area contributed by atoms with Crippen molar-refractivity contribution in [2.45, 2.75) is 38.4 Å². The number of alkyl halides is 5. The van der Waals surface area contributed by atoms with Gasteiger partial charge in [-0.25, -0.2) is 0 Å². The van der Waals surface area contributed by atoms with Gasteiger partial charge >= 0.3 is 18.0 Å². The molecule has 0 aromatic heterocycles. The third-order valence-corrected chi connectivity index (χ3v) is 3.56. The van der Waals surface area contributed by atoms with Crippen LogP contribution >= 0.6 is 0 Å². The summed E-state index contributed by atoms with van der Waals surface area (Å²) in [6.45, 7) is 3.20. The van der Waals surface area contributed by atoms with E-state index < -0.39 is 24.0 Å². The van der Waals surface area contributed by atoms with Crippen LogP contribution in [0, 0.1) is 6.92 Å². The van der Waals surface area contributed by atoms with Crippen LogP contribution in [0.2, 0.25) is 0 Å². The van der Waals surface area contributed by atoms with E-state index in [2.05, 4.69) is 0 Å². The van der Waals surface area contributed by atoms with Crippen molar-refractivity contribution in [1.82, 2.24) is 4.90 Å². The molecule has 0 radical (unpaired) electrons. The van der Waals surface area contributed by atoms with Gasteiger partial charge in [0.15, 0.2) is 0 Å². The SMILES string of the molecule is COc1ccc(C)cc1CC(C)N(C)C(=O)C(F)(F)C(F)(F)F. The topological polar surface area (TPSA) is 29.5 Å². The zero-order valence-electron chi connectivity index (χ0n) is 13.2. The van der Waals surface area contributed by atoms with Gasteiger partial charge in [-0.2, -0.15) is 22.0 Å². The molecular formula is C15H18F5NO2. The number of hydrogen-bond donors (Lipinski definition) is 0. The molecule has 23 heavy (non-hydrogen) atoms. The van der Waals surface area contributed by atoms with Crippen LogP contribution in [0.4, 0.5) is 22.0 Å². The van der Waals surface area contributed by atoms with Crippen molar-refractivity contribution in [1.29, 1.82) is 0 Å². The van der Waals surface area contributed by atoms with Gasteiger partial charge in [0, 0.05) is 13.1 Å². The van der Waals surface area contributed by atoms with Crippen LogP contribution in [-0.2, 0) is 11.2 Å². The average molecular weight is 339 g/mol. The second-order valence-electron chi connectivity index (χ2n) is 5.36. The molecule has 8 heteroatoms. The van der Waals surface area contributed by atoms with E-state index in [0.717, 1.165) is 12.6 Å². The van der Waals surface area contributed by atoms with Gasteiger partial charge in [-0.15, -0.1) is 0 Å². The molecule has 130 valence electrons. The summed E-state index contributed by atoms with van der Waals surface area (Å²) in [5.74, 6) is -7.21. The Balaban J connectivity index is 2.96. The number of aryl methyl sites for hydroxylation is 1. The first-order valence-corrected chi connectivity index (χ1v) is 6.77. The molecule has 3 nitrogen and oxygen atoms in total. The number of carbonyl (C=O) groups excluding carboxylic acids is 1. The highest BCUT2D eigenvalue weighted by Gasteiger charge is 2.64. The van der Waals surface area contributed by atoms with Crippen molar-refractivity contribution in [3.8, 4) is 5.75 Å². The summed E-state index contributed by atoms with van der Waals surface area (Å²) >= 11 is 0. The van der Waals surface area contributed by atoms with E-state index in [-0.39, 0.29) is 6.42 Å². The van der Waals surface area contributed by atoms with Crippen molar-refractivity contribution in [3.63, 3.8) is 0 Å². The fourth-order valence-electron chi connectivity index (χ4n) is 2.06. The lowest BCUT2D eigenvalue weighted by molar-refractivity contribution is -0.274. The highest BCUT2D eigenvalue weighted by atomic mass is 19.4. The van der Waals surface area contributed by atoms with Crippen LogP contribution in [-0.4, -0.2) is 43.1 Å². The van der Waals surface area contributed by atoms with E-state index in [1.807, 2.05) is 0 Å². The normalized spacial score (nSPS) is 13.6. The highest BCUT2D eigenvalue weighted by Crippen LogP contribution is 2.37. The molecule has 0 aliphatic rings. The second-order valence-corrected chi connectivity index (χ2v) is 5.36. The first-order valence-electron chi connectivity index (χ1n) is 6.77. The van der Waals surface area contributed by atoms with Crippen LogP contribution < -0.4 is 4.74 Å². The first kappa shape index (κ1) is 19.2. The minimum absolute atomic E-state index is 0.0844. The summed E-state index contributed by atoms with van der Waals surface area (Å²) in [4.78, 5) is 11.9. The van der Waals surface area contributed by atoms with Gasteiger partial charge in [-0.05, 0) is 31.9 Å². The number of rotatable bonds is 5. The van der Waals surface area contributed by atoms with Gasteiger partial charge in [0.2, 0.25) is 0 Å². The van der Waals surface area contributed by atoms with Crippen LogP contribution in [0.1, 0.15) is 18.1 Å². The minimum atomic E-state index is -5.92. The molecule has 1 atom stereocenters. The second kappa shape index (κ2) is 6.72. The van der Waals surface area contributed by atoms with Crippen LogP contribution in [0.15, 0.2) is 18.2 Å². The van der Waals surface area contributed by atoms with E-state index in [4.69, 9.17) is 4.74 Å².